The van der Waals surface area contributed by atoms with Gasteiger partial charge in [-0.05, 0) is 104 Å². The lowest BCUT2D eigenvalue weighted by Crippen LogP contribution is -2.17. The van der Waals surface area contributed by atoms with Crippen molar-refractivity contribution in [3.63, 3.8) is 0 Å². The van der Waals surface area contributed by atoms with Gasteiger partial charge in [0.25, 0.3) is 0 Å². The number of phenolic OH excluding ortho intramolecular Hbond substituents is 1. The molecule has 2 unspecified atom stereocenters. The Morgan fingerprint density at radius 3 is 2.11 bits per heavy atom. The summed E-state index contributed by atoms with van der Waals surface area (Å²) in [5, 5.41) is 23.0. The van der Waals surface area contributed by atoms with Crippen molar-refractivity contribution in [2.45, 2.75) is 72.8 Å². The first-order valence-electron chi connectivity index (χ1n) is 14.5. The zero-order valence-corrected chi connectivity index (χ0v) is 24.2. The molecule has 0 heterocycles. The summed E-state index contributed by atoms with van der Waals surface area (Å²) in [7, 11) is 0. The summed E-state index contributed by atoms with van der Waals surface area (Å²) in [5.74, 6) is 0.875. The summed E-state index contributed by atoms with van der Waals surface area (Å²) in [6.45, 7) is 11.6. The standard InChI is InChI=1S/C33H43NO2.C2H6/c1-4-6-7-9-25(3)30(10-8-23-35)24-33(29-15-19-32(36)20-16-29)28-13-11-27(12-14-28)26(5-2)21-22-34-31-17-18-31;1-2/h4-7,9,11-16,19-20,24-25,30-31,34-36H,8,10,17-18,21-23H2,1-3H3;1-2H3/b6-4-,9-7-,26-5+,33-24?;. The van der Waals surface area contributed by atoms with Crippen LogP contribution < -0.4 is 5.32 Å². The van der Waals surface area contributed by atoms with Gasteiger partial charge in [-0.2, -0.15) is 0 Å². The van der Waals surface area contributed by atoms with E-state index in [0.29, 0.717) is 5.92 Å². The van der Waals surface area contributed by atoms with Crippen molar-refractivity contribution in [2.75, 3.05) is 13.2 Å². The van der Waals surface area contributed by atoms with Crippen LogP contribution in [0.5, 0.6) is 5.75 Å². The molecule has 1 fully saturated rings. The lowest BCUT2D eigenvalue weighted by atomic mass is 9.84. The topological polar surface area (TPSA) is 52.5 Å². The lowest BCUT2D eigenvalue weighted by Gasteiger charge is -2.21. The number of nitrogens with one attached hydrogen (secondary N) is 1. The van der Waals surface area contributed by atoms with Crippen LogP contribution >= 0.6 is 0 Å². The van der Waals surface area contributed by atoms with Crippen LogP contribution in [0.25, 0.3) is 11.1 Å². The minimum Gasteiger partial charge on any atom is -0.508 e. The van der Waals surface area contributed by atoms with Gasteiger partial charge in [0.15, 0.2) is 0 Å². The number of aliphatic hydroxyl groups is 1. The molecular formula is C35H49NO2. The molecule has 1 aliphatic rings. The Hall–Kier alpha value is -2.88. The molecule has 0 amide bonds. The van der Waals surface area contributed by atoms with Gasteiger partial charge < -0.3 is 15.5 Å². The van der Waals surface area contributed by atoms with Crippen LogP contribution in [0.1, 0.15) is 83.4 Å². The number of rotatable bonds is 14. The van der Waals surface area contributed by atoms with Crippen molar-refractivity contribution < 1.29 is 10.2 Å². The van der Waals surface area contributed by atoms with Gasteiger partial charge in [-0.15, -0.1) is 0 Å². The molecule has 3 N–H and O–H groups in total. The minimum atomic E-state index is 0.195. The van der Waals surface area contributed by atoms with E-state index in [1.54, 1.807) is 12.1 Å². The Bertz CT molecular complexity index is 1040. The second kappa shape index (κ2) is 17.6. The van der Waals surface area contributed by atoms with E-state index in [9.17, 15) is 10.2 Å². The van der Waals surface area contributed by atoms with Crippen molar-refractivity contribution in [1.29, 1.82) is 0 Å². The molecule has 2 aromatic rings. The fourth-order valence-corrected chi connectivity index (χ4v) is 4.55. The number of hydrogen-bond acceptors (Lipinski definition) is 3. The van der Waals surface area contributed by atoms with Crippen LogP contribution in [0.3, 0.4) is 0 Å². The lowest BCUT2D eigenvalue weighted by molar-refractivity contribution is 0.271. The summed E-state index contributed by atoms with van der Waals surface area (Å²) >= 11 is 0. The largest absolute Gasteiger partial charge is 0.508 e. The van der Waals surface area contributed by atoms with Gasteiger partial charge >= 0.3 is 0 Å². The Morgan fingerprint density at radius 2 is 1.55 bits per heavy atom. The normalized spacial score (nSPS) is 15.9. The van der Waals surface area contributed by atoms with Crippen molar-refractivity contribution in [3.05, 3.63) is 102 Å². The van der Waals surface area contributed by atoms with E-state index in [0.717, 1.165) is 48.5 Å². The molecule has 0 saturated heterocycles. The number of hydrogen-bond donors (Lipinski definition) is 3. The zero-order chi connectivity index (χ0) is 27.8. The predicted octanol–water partition coefficient (Wildman–Crippen LogP) is 8.55. The van der Waals surface area contributed by atoms with Crippen LogP contribution in [-0.2, 0) is 0 Å². The van der Waals surface area contributed by atoms with Crippen LogP contribution in [0.4, 0.5) is 0 Å². The highest BCUT2D eigenvalue weighted by atomic mass is 16.3. The van der Waals surface area contributed by atoms with Gasteiger partial charge in [0.05, 0.1) is 0 Å². The first-order valence-corrected chi connectivity index (χ1v) is 14.5. The van der Waals surface area contributed by atoms with Gasteiger partial charge in [-0.3, -0.25) is 0 Å². The minimum absolute atomic E-state index is 0.195. The smallest absolute Gasteiger partial charge is 0.115 e. The zero-order valence-electron chi connectivity index (χ0n) is 24.2. The monoisotopic (exact) mass is 515 g/mol. The maximum Gasteiger partial charge on any atom is 0.115 e. The quantitative estimate of drug-likeness (QED) is 0.221. The van der Waals surface area contributed by atoms with E-state index in [-0.39, 0.29) is 18.3 Å². The molecule has 0 spiro atoms. The van der Waals surface area contributed by atoms with E-state index in [2.05, 4.69) is 73.8 Å². The summed E-state index contributed by atoms with van der Waals surface area (Å²) < 4.78 is 0. The molecule has 3 rings (SSSR count). The molecule has 38 heavy (non-hydrogen) atoms. The molecule has 0 radical (unpaired) electrons. The SMILES string of the molecule is C/C=C\C=C/C(C)C(C=C(c1ccc(O)cc1)c1ccc(/C(=C/C)CCNC2CC2)cc1)CCCO.CC. The summed E-state index contributed by atoms with van der Waals surface area (Å²) in [5.41, 5.74) is 6.04. The van der Waals surface area contributed by atoms with Gasteiger partial charge in [0.2, 0.25) is 0 Å². The molecule has 2 atom stereocenters. The Morgan fingerprint density at radius 1 is 0.947 bits per heavy atom. The van der Waals surface area contributed by atoms with E-state index in [1.807, 2.05) is 39.0 Å². The predicted molar refractivity (Wildman–Crippen MR) is 165 cm³/mol. The van der Waals surface area contributed by atoms with E-state index >= 15 is 0 Å². The molecule has 206 valence electrons. The number of allylic oxidation sites excluding steroid dienone is 6. The highest BCUT2D eigenvalue weighted by molar-refractivity contribution is 5.81. The Labute approximate surface area is 231 Å². The van der Waals surface area contributed by atoms with E-state index in [1.165, 1.54) is 24.0 Å². The average molecular weight is 516 g/mol. The second-order valence-electron chi connectivity index (χ2n) is 9.80. The van der Waals surface area contributed by atoms with Crippen molar-refractivity contribution in [3.8, 4) is 5.75 Å². The molecule has 2 aromatic carbocycles. The average Bonchev–Trinajstić information content (AvgIpc) is 3.78. The molecule has 1 aliphatic carbocycles. The third kappa shape index (κ3) is 10.5. The first kappa shape index (κ1) is 31.3. The summed E-state index contributed by atoms with van der Waals surface area (Å²) in [6, 6.07) is 17.1. The van der Waals surface area contributed by atoms with Crippen LogP contribution in [0.2, 0.25) is 0 Å². The van der Waals surface area contributed by atoms with Crippen molar-refractivity contribution >= 4 is 11.1 Å². The van der Waals surface area contributed by atoms with Gasteiger partial charge in [0, 0.05) is 12.6 Å². The third-order valence-electron chi connectivity index (χ3n) is 6.97. The molecule has 3 heteroatoms. The number of phenols is 1. The molecule has 3 nitrogen and oxygen atoms in total. The third-order valence-corrected chi connectivity index (χ3v) is 6.97. The van der Waals surface area contributed by atoms with Gasteiger partial charge in [-0.25, -0.2) is 0 Å². The van der Waals surface area contributed by atoms with Gasteiger partial charge in [-0.1, -0.05) is 93.6 Å². The van der Waals surface area contributed by atoms with Crippen LogP contribution in [0, 0.1) is 11.8 Å². The first-order chi connectivity index (χ1) is 18.5. The summed E-state index contributed by atoms with van der Waals surface area (Å²) in [6.07, 6.45) is 18.4. The highest BCUT2D eigenvalue weighted by Gasteiger charge is 2.20. The summed E-state index contributed by atoms with van der Waals surface area (Å²) in [4.78, 5) is 0. The second-order valence-corrected chi connectivity index (χ2v) is 9.80. The van der Waals surface area contributed by atoms with Crippen molar-refractivity contribution in [1.82, 2.24) is 5.32 Å². The fraction of sp³-hybridized carbons (Fsp3) is 0.429. The van der Waals surface area contributed by atoms with Crippen molar-refractivity contribution in [2.24, 2.45) is 11.8 Å². The van der Waals surface area contributed by atoms with E-state index < -0.39 is 0 Å². The maximum atomic E-state index is 9.88. The Kier molecular flexibility index (Phi) is 14.5. The molecule has 0 aromatic heterocycles. The van der Waals surface area contributed by atoms with Gasteiger partial charge in [0.1, 0.15) is 5.75 Å². The number of benzene rings is 2. The molecule has 0 aliphatic heterocycles. The van der Waals surface area contributed by atoms with Crippen LogP contribution in [0.15, 0.2) is 85.0 Å². The molecule has 1 saturated carbocycles. The molecular weight excluding hydrogens is 466 g/mol. The van der Waals surface area contributed by atoms with Crippen LogP contribution in [-0.4, -0.2) is 29.4 Å². The maximum absolute atomic E-state index is 9.88. The van der Waals surface area contributed by atoms with E-state index in [4.69, 9.17) is 0 Å². The molecule has 0 bridgehead atoms. The number of aromatic hydroxyl groups is 1. The number of aliphatic hydroxyl groups excluding tert-OH is 1. The Balaban J connectivity index is 0.00000247. The fourth-order valence-electron chi connectivity index (χ4n) is 4.55. The highest BCUT2D eigenvalue weighted by Crippen LogP contribution is 2.32.